The third kappa shape index (κ3) is 3.82. The Morgan fingerprint density at radius 2 is 1.81 bits per heavy atom. The predicted octanol–water partition coefficient (Wildman–Crippen LogP) is 0.00560. The summed E-state index contributed by atoms with van der Waals surface area (Å²) >= 11 is 0. The van der Waals surface area contributed by atoms with Crippen LogP contribution >= 0.6 is 0 Å². The van der Waals surface area contributed by atoms with Gasteiger partial charge in [-0.05, 0) is 18.6 Å². The molecule has 2 fully saturated rings. The molecule has 2 aliphatic heterocycles. The predicted molar refractivity (Wildman–Crippen MR) is 96.3 cm³/mol. The maximum atomic E-state index is 12.7. The number of hydrogen-bond donors (Lipinski definition) is 0. The maximum Gasteiger partial charge on any atom is 0.319 e. The van der Waals surface area contributed by atoms with Crippen LogP contribution in [0.3, 0.4) is 0 Å². The lowest BCUT2D eigenvalue weighted by molar-refractivity contribution is -0.136. The van der Waals surface area contributed by atoms with Crippen LogP contribution in [0.2, 0.25) is 0 Å². The van der Waals surface area contributed by atoms with Crippen LogP contribution in [0.25, 0.3) is 0 Å². The molecule has 0 saturated carbocycles. The first kappa shape index (κ1) is 18.6. The van der Waals surface area contributed by atoms with E-state index >= 15 is 0 Å². The van der Waals surface area contributed by atoms with Gasteiger partial charge in [-0.15, -0.1) is 0 Å². The van der Waals surface area contributed by atoms with Crippen molar-refractivity contribution < 1.29 is 18.0 Å². The summed E-state index contributed by atoms with van der Waals surface area (Å²) in [5, 5.41) is 0. The fourth-order valence-electron chi connectivity index (χ4n) is 3.68. The average molecular weight is 380 g/mol. The largest absolute Gasteiger partial charge is 0.335 e. The van der Waals surface area contributed by atoms with Gasteiger partial charge < -0.3 is 14.7 Å². The summed E-state index contributed by atoms with van der Waals surface area (Å²) in [6.45, 7) is 0.709. The Bertz CT molecular complexity index is 781. The van der Waals surface area contributed by atoms with Gasteiger partial charge in [-0.1, -0.05) is 6.07 Å². The Hall–Kier alpha value is -2.16. The standard InChI is InChI=1S/C17H24N4O4S/c1-19(2)17(23)21-10-9-20(14-11-26(24,25)12-15(14)21)16(22)7-6-13-5-3-4-8-18-13/h3-5,8,14-15H,6-7,9-12H2,1-2H3/t14-,15+/m0/s1. The van der Waals surface area contributed by atoms with Crippen LogP contribution in [-0.2, 0) is 21.1 Å². The Morgan fingerprint density at radius 1 is 1.15 bits per heavy atom. The third-order valence-corrected chi connectivity index (χ3v) is 6.64. The van der Waals surface area contributed by atoms with Gasteiger partial charge in [0.15, 0.2) is 9.84 Å². The summed E-state index contributed by atoms with van der Waals surface area (Å²) in [5.74, 6) is -0.245. The lowest BCUT2D eigenvalue weighted by atomic mass is 10.0. The van der Waals surface area contributed by atoms with Crippen LogP contribution in [-0.4, -0.2) is 90.8 Å². The minimum Gasteiger partial charge on any atom is -0.335 e. The number of rotatable bonds is 3. The van der Waals surface area contributed by atoms with E-state index in [1.54, 1.807) is 30.1 Å². The summed E-state index contributed by atoms with van der Waals surface area (Å²) < 4.78 is 24.4. The molecule has 2 saturated heterocycles. The maximum absolute atomic E-state index is 12.7. The molecule has 0 radical (unpaired) electrons. The summed E-state index contributed by atoms with van der Waals surface area (Å²) in [5.41, 5.74) is 0.831. The van der Waals surface area contributed by atoms with Crippen LogP contribution in [0.4, 0.5) is 4.79 Å². The molecule has 0 spiro atoms. The molecule has 3 amide bonds. The van der Waals surface area contributed by atoms with E-state index in [9.17, 15) is 18.0 Å². The zero-order chi connectivity index (χ0) is 18.9. The smallest absolute Gasteiger partial charge is 0.319 e. The monoisotopic (exact) mass is 380 g/mol. The topological polar surface area (TPSA) is 90.9 Å². The van der Waals surface area contributed by atoms with Crippen LogP contribution in [0.1, 0.15) is 12.1 Å². The number of fused-ring (bicyclic) bond motifs is 1. The Balaban J connectivity index is 1.73. The van der Waals surface area contributed by atoms with E-state index in [4.69, 9.17) is 0 Å². The molecule has 0 aliphatic carbocycles. The van der Waals surface area contributed by atoms with Gasteiger partial charge in [-0.3, -0.25) is 9.78 Å². The van der Waals surface area contributed by atoms with Gasteiger partial charge in [0.2, 0.25) is 5.91 Å². The minimum atomic E-state index is -3.27. The van der Waals surface area contributed by atoms with Gasteiger partial charge in [-0.25, -0.2) is 13.2 Å². The molecule has 2 atom stereocenters. The highest BCUT2D eigenvalue weighted by molar-refractivity contribution is 7.91. The Kier molecular flexibility index (Phi) is 5.17. The number of piperazine rings is 1. The molecule has 2 aliphatic rings. The van der Waals surface area contributed by atoms with Crippen LogP contribution in [0.5, 0.6) is 0 Å². The minimum absolute atomic E-state index is 0.0792. The number of hydrogen-bond acceptors (Lipinski definition) is 5. The van der Waals surface area contributed by atoms with Crippen molar-refractivity contribution in [2.24, 2.45) is 0 Å². The van der Waals surface area contributed by atoms with Gasteiger partial charge in [0.25, 0.3) is 0 Å². The third-order valence-electron chi connectivity index (χ3n) is 4.95. The number of amides is 3. The number of carbonyl (C=O) groups is 2. The number of pyridine rings is 1. The van der Waals surface area contributed by atoms with Gasteiger partial charge in [0, 0.05) is 45.5 Å². The van der Waals surface area contributed by atoms with Gasteiger partial charge in [-0.2, -0.15) is 0 Å². The molecule has 8 nitrogen and oxygen atoms in total. The van der Waals surface area contributed by atoms with E-state index in [0.717, 1.165) is 5.69 Å². The average Bonchev–Trinajstić information content (AvgIpc) is 2.93. The van der Waals surface area contributed by atoms with Crippen molar-refractivity contribution in [2.75, 3.05) is 38.7 Å². The Labute approximate surface area is 153 Å². The molecule has 3 heterocycles. The first-order valence-corrected chi connectivity index (χ1v) is 10.5. The zero-order valence-corrected chi connectivity index (χ0v) is 15.9. The normalized spacial score (nSPS) is 24.2. The molecule has 0 N–H and O–H groups in total. The van der Waals surface area contributed by atoms with Crippen molar-refractivity contribution in [2.45, 2.75) is 24.9 Å². The number of aryl methyl sites for hydroxylation is 1. The molecule has 26 heavy (non-hydrogen) atoms. The molecule has 0 unspecified atom stereocenters. The number of aromatic nitrogens is 1. The fourth-order valence-corrected chi connectivity index (χ4v) is 5.66. The Morgan fingerprint density at radius 3 is 2.42 bits per heavy atom. The van der Waals surface area contributed by atoms with Crippen molar-refractivity contribution in [3.63, 3.8) is 0 Å². The summed E-state index contributed by atoms with van der Waals surface area (Å²) in [4.78, 5) is 34.0. The number of carbonyl (C=O) groups excluding carboxylic acids is 2. The van der Waals surface area contributed by atoms with Crippen LogP contribution < -0.4 is 0 Å². The van der Waals surface area contributed by atoms with E-state index < -0.39 is 21.9 Å². The molecule has 9 heteroatoms. The van der Waals surface area contributed by atoms with Crippen molar-refractivity contribution >= 4 is 21.8 Å². The van der Waals surface area contributed by atoms with Crippen LogP contribution in [0, 0.1) is 0 Å². The lowest BCUT2D eigenvalue weighted by Gasteiger charge is -2.44. The molecular weight excluding hydrogens is 356 g/mol. The first-order valence-electron chi connectivity index (χ1n) is 8.66. The second-order valence-electron chi connectivity index (χ2n) is 6.99. The summed E-state index contributed by atoms with van der Waals surface area (Å²) in [6.07, 6.45) is 2.48. The highest BCUT2D eigenvalue weighted by Gasteiger charge is 2.49. The fraction of sp³-hybridized carbons (Fsp3) is 0.588. The van der Waals surface area contributed by atoms with Crippen molar-refractivity contribution in [3.05, 3.63) is 30.1 Å². The second-order valence-corrected chi connectivity index (χ2v) is 9.14. The van der Waals surface area contributed by atoms with Gasteiger partial charge >= 0.3 is 6.03 Å². The summed E-state index contributed by atoms with van der Waals surface area (Å²) in [7, 11) is 0.0149. The quantitative estimate of drug-likeness (QED) is 0.737. The van der Waals surface area contributed by atoms with E-state index in [2.05, 4.69) is 4.98 Å². The molecule has 142 valence electrons. The number of sulfone groups is 1. The van der Waals surface area contributed by atoms with Gasteiger partial charge in [0.05, 0.1) is 23.6 Å². The van der Waals surface area contributed by atoms with E-state index in [1.165, 1.54) is 4.90 Å². The van der Waals surface area contributed by atoms with Gasteiger partial charge in [0.1, 0.15) is 0 Å². The zero-order valence-electron chi connectivity index (χ0n) is 15.0. The lowest BCUT2D eigenvalue weighted by Crippen LogP contribution is -2.63. The van der Waals surface area contributed by atoms with E-state index in [1.807, 2.05) is 18.2 Å². The molecule has 3 rings (SSSR count). The summed E-state index contributed by atoms with van der Waals surface area (Å²) in [6, 6.07) is 4.41. The highest BCUT2D eigenvalue weighted by Crippen LogP contribution is 2.28. The highest BCUT2D eigenvalue weighted by atomic mass is 32.2. The molecule has 1 aromatic rings. The van der Waals surface area contributed by atoms with Crippen molar-refractivity contribution in [3.8, 4) is 0 Å². The molecular formula is C17H24N4O4S. The second kappa shape index (κ2) is 7.22. The van der Waals surface area contributed by atoms with E-state index in [0.29, 0.717) is 19.5 Å². The van der Waals surface area contributed by atoms with Crippen molar-refractivity contribution in [1.29, 1.82) is 0 Å². The van der Waals surface area contributed by atoms with E-state index in [-0.39, 0.29) is 29.9 Å². The molecule has 0 aromatic carbocycles. The number of urea groups is 1. The van der Waals surface area contributed by atoms with Crippen molar-refractivity contribution in [1.82, 2.24) is 19.7 Å². The molecule has 1 aromatic heterocycles. The molecule has 0 bridgehead atoms. The number of nitrogens with zero attached hydrogens (tertiary/aromatic N) is 4. The first-order chi connectivity index (χ1) is 12.3. The SMILES string of the molecule is CN(C)C(=O)N1CCN(C(=O)CCc2ccccn2)[C@H]2CS(=O)(=O)C[C@H]21. The van der Waals surface area contributed by atoms with Crippen LogP contribution in [0.15, 0.2) is 24.4 Å².